The number of aromatic hydroxyl groups is 2. The Morgan fingerprint density at radius 2 is 1.96 bits per heavy atom. The Morgan fingerprint density at radius 3 is 2.56 bits per heavy atom. The van der Waals surface area contributed by atoms with E-state index in [1.807, 2.05) is 6.92 Å². The van der Waals surface area contributed by atoms with Crippen molar-refractivity contribution in [1.82, 2.24) is 0 Å². The van der Waals surface area contributed by atoms with Crippen molar-refractivity contribution < 1.29 is 19.7 Å². The molecule has 0 radical (unpaired) electrons. The van der Waals surface area contributed by atoms with Gasteiger partial charge in [0.1, 0.15) is 0 Å². The fourth-order valence-electron chi connectivity index (χ4n) is 5.69. The first kappa shape index (κ1) is 18.1. The number of methoxy groups -OCH3 is 1. The monoisotopic (exact) mass is 346 g/mol. The van der Waals surface area contributed by atoms with Gasteiger partial charge in [0.15, 0.2) is 11.5 Å². The van der Waals surface area contributed by atoms with Crippen molar-refractivity contribution in [3.05, 3.63) is 22.8 Å². The molecule has 0 unspecified atom stereocenters. The molecule has 4 nitrogen and oxygen atoms in total. The molecule has 0 heterocycles. The van der Waals surface area contributed by atoms with Crippen molar-refractivity contribution in [3.8, 4) is 11.5 Å². The molecule has 2 N–H and O–H groups in total. The van der Waals surface area contributed by atoms with Crippen LogP contribution in [0.1, 0.15) is 76.0 Å². The van der Waals surface area contributed by atoms with E-state index in [1.54, 1.807) is 6.07 Å². The van der Waals surface area contributed by atoms with Crippen LogP contribution in [0.4, 0.5) is 0 Å². The van der Waals surface area contributed by atoms with Crippen LogP contribution in [0.25, 0.3) is 0 Å². The number of esters is 1. The third-order valence-corrected chi connectivity index (χ3v) is 6.88. The van der Waals surface area contributed by atoms with Crippen molar-refractivity contribution in [2.75, 3.05) is 7.11 Å². The smallest absolute Gasteiger partial charge is 0.311 e. The molecule has 2 aliphatic rings. The number of fused-ring (bicyclic) bond motifs is 3. The van der Waals surface area contributed by atoms with Crippen LogP contribution in [0.15, 0.2) is 6.07 Å². The fourth-order valence-corrected chi connectivity index (χ4v) is 5.69. The van der Waals surface area contributed by atoms with Crippen LogP contribution in [-0.2, 0) is 21.4 Å². The number of carbonyl (C=O) groups excluding carboxylic acids is 1. The summed E-state index contributed by atoms with van der Waals surface area (Å²) in [7, 11) is 1.45. The van der Waals surface area contributed by atoms with E-state index in [4.69, 9.17) is 4.74 Å². The average molecular weight is 346 g/mol. The molecule has 1 aromatic carbocycles. The van der Waals surface area contributed by atoms with Crippen molar-refractivity contribution in [3.63, 3.8) is 0 Å². The first-order valence-corrected chi connectivity index (χ1v) is 9.33. The molecule has 0 saturated heterocycles. The molecular weight excluding hydrogens is 316 g/mol. The second-order valence-electron chi connectivity index (χ2n) is 8.61. The minimum Gasteiger partial charge on any atom is -0.504 e. The summed E-state index contributed by atoms with van der Waals surface area (Å²) in [5, 5.41) is 21.1. The number of benzene rings is 1. The Balaban J connectivity index is 2.23. The van der Waals surface area contributed by atoms with Crippen molar-refractivity contribution in [2.45, 2.75) is 71.1 Å². The number of hydrogen-bond donors (Lipinski definition) is 2. The molecule has 0 aliphatic heterocycles. The largest absolute Gasteiger partial charge is 0.504 e. The zero-order valence-corrected chi connectivity index (χ0v) is 16.0. The van der Waals surface area contributed by atoms with Crippen LogP contribution in [0.5, 0.6) is 11.5 Å². The third kappa shape index (κ3) is 2.44. The maximum atomic E-state index is 12.6. The molecule has 138 valence electrons. The lowest BCUT2D eigenvalue weighted by atomic mass is 9.49. The van der Waals surface area contributed by atoms with E-state index < -0.39 is 5.41 Å². The van der Waals surface area contributed by atoms with E-state index in [0.717, 1.165) is 48.8 Å². The lowest BCUT2D eigenvalue weighted by Gasteiger charge is -2.54. The first-order chi connectivity index (χ1) is 11.7. The SMILES string of the molecule is COC(=O)[C@@]1(C)CCC[C@]2(C)c3c(O)c(O)cc(C(C)C)c3CC[C@@H]12. The normalized spacial score (nSPS) is 31.4. The molecular formula is C21H30O4. The van der Waals surface area contributed by atoms with E-state index >= 15 is 0 Å². The number of phenols is 2. The second kappa shape index (κ2) is 5.93. The second-order valence-corrected chi connectivity index (χ2v) is 8.61. The maximum Gasteiger partial charge on any atom is 0.311 e. The molecule has 25 heavy (non-hydrogen) atoms. The summed E-state index contributed by atoms with van der Waals surface area (Å²) in [6.45, 7) is 8.38. The number of carbonyl (C=O) groups is 1. The summed E-state index contributed by atoms with van der Waals surface area (Å²) in [5.74, 6) is 0.170. The van der Waals surface area contributed by atoms with Crippen molar-refractivity contribution in [1.29, 1.82) is 0 Å². The van der Waals surface area contributed by atoms with Gasteiger partial charge in [-0.05, 0) is 61.6 Å². The Labute approximate surface area is 150 Å². The quantitative estimate of drug-likeness (QED) is 0.615. The van der Waals surface area contributed by atoms with Gasteiger partial charge in [0.25, 0.3) is 0 Å². The summed E-state index contributed by atoms with van der Waals surface area (Å²) in [4.78, 5) is 12.6. The molecule has 4 heteroatoms. The Kier molecular flexibility index (Phi) is 4.29. The lowest BCUT2D eigenvalue weighted by molar-refractivity contribution is -0.161. The zero-order valence-electron chi connectivity index (χ0n) is 16.0. The van der Waals surface area contributed by atoms with Gasteiger partial charge >= 0.3 is 5.97 Å². The summed E-state index contributed by atoms with van der Waals surface area (Å²) in [5.41, 5.74) is 2.26. The van der Waals surface area contributed by atoms with E-state index in [-0.39, 0.29) is 34.7 Å². The van der Waals surface area contributed by atoms with Gasteiger partial charge in [-0.3, -0.25) is 4.79 Å². The lowest BCUT2D eigenvalue weighted by Crippen LogP contribution is -2.52. The van der Waals surface area contributed by atoms with E-state index in [2.05, 4.69) is 20.8 Å². The minimum atomic E-state index is -0.546. The molecule has 1 saturated carbocycles. The molecule has 0 amide bonds. The minimum absolute atomic E-state index is 0.000663. The number of rotatable bonds is 2. The van der Waals surface area contributed by atoms with Crippen LogP contribution >= 0.6 is 0 Å². The van der Waals surface area contributed by atoms with Crippen LogP contribution in [0.2, 0.25) is 0 Å². The van der Waals surface area contributed by atoms with Crippen LogP contribution < -0.4 is 0 Å². The van der Waals surface area contributed by atoms with Crippen molar-refractivity contribution >= 4 is 5.97 Å². The Hall–Kier alpha value is -1.71. The Bertz CT molecular complexity index is 708. The molecule has 0 spiro atoms. The highest BCUT2D eigenvalue weighted by Gasteiger charge is 2.57. The third-order valence-electron chi connectivity index (χ3n) is 6.88. The van der Waals surface area contributed by atoms with E-state index in [1.165, 1.54) is 7.11 Å². The molecule has 0 bridgehead atoms. The molecule has 1 fully saturated rings. The van der Waals surface area contributed by atoms with E-state index in [0.29, 0.717) is 0 Å². The average Bonchev–Trinajstić information content (AvgIpc) is 2.56. The Morgan fingerprint density at radius 1 is 1.28 bits per heavy atom. The van der Waals surface area contributed by atoms with Gasteiger partial charge in [-0.15, -0.1) is 0 Å². The predicted octanol–water partition coefficient (Wildman–Crippen LogP) is 4.40. The highest BCUT2D eigenvalue weighted by Crippen LogP contribution is 2.61. The molecule has 3 atom stereocenters. The van der Waals surface area contributed by atoms with Gasteiger partial charge in [0.05, 0.1) is 12.5 Å². The number of phenolic OH excluding ortho intramolecular Hbond substituents is 2. The summed E-state index contributed by atoms with van der Waals surface area (Å²) in [6, 6.07) is 1.71. The standard InChI is InChI=1S/C21H30O4/c1-12(2)14-11-15(22)18(23)17-13(14)7-8-16-20(17,3)9-6-10-21(16,4)19(24)25-5/h11-12,16,22-23H,6-10H2,1-5H3/t16-,20+,21+/m1/s1. The summed E-state index contributed by atoms with van der Waals surface area (Å²) < 4.78 is 5.14. The highest BCUT2D eigenvalue weighted by molar-refractivity contribution is 5.77. The van der Waals surface area contributed by atoms with Crippen LogP contribution in [0.3, 0.4) is 0 Å². The van der Waals surface area contributed by atoms with Gasteiger partial charge in [-0.25, -0.2) is 0 Å². The van der Waals surface area contributed by atoms with Gasteiger partial charge in [0.2, 0.25) is 0 Å². The molecule has 1 aromatic rings. The van der Waals surface area contributed by atoms with Crippen LogP contribution in [0, 0.1) is 11.3 Å². The van der Waals surface area contributed by atoms with Gasteiger partial charge in [0, 0.05) is 11.0 Å². The number of hydrogen-bond acceptors (Lipinski definition) is 4. The van der Waals surface area contributed by atoms with Gasteiger partial charge < -0.3 is 14.9 Å². The zero-order chi connectivity index (χ0) is 18.6. The number of ether oxygens (including phenoxy) is 1. The van der Waals surface area contributed by atoms with Crippen molar-refractivity contribution in [2.24, 2.45) is 11.3 Å². The highest BCUT2D eigenvalue weighted by atomic mass is 16.5. The van der Waals surface area contributed by atoms with Crippen LogP contribution in [-0.4, -0.2) is 23.3 Å². The molecule has 3 rings (SSSR count). The fraction of sp³-hybridized carbons (Fsp3) is 0.667. The van der Waals surface area contributed by atoms with Gasteiger partial charge in [-0.2, -0.15) is 0 Å². The first-order valence-electron chi connectivity index (χ1n) is 9.33. The van der Waals surface area contributed by atoms with Gasteiger partial charge in [-0.1, -0.05) is 27.2 Å². The summed E-state index contributed by atoms with van der Waals surface area (Å²) in [6.07, 6.45) is 4.35. The summed E-state index contributed by atoms with van der Waals surface area (Å²) >= 11 is 0. The topological polar surface area (TPSA) is 66.8 Å². The maximum absolute atomic E-state index is 12.6. The predicted molar refractivity (Wildman–Crippen MR) is 97.0 cm³/mol. The molecule has 2 aliphatic carbocycles. The molecule has 0 aromatic heterocycles. The van der Waals surface area contributed by atoms with E-state index in [9.17, 15) is 15.0 Å².